The molecule has 1 unspecified atom stereocenters. The summed E-state index contributed by atoms with van der Waals surface area (Å²) in [5.74, 6) is 0.697. The minimum absolute atomic E-state index is 0.217. The van der Waals surface area contributed by atoms with Crippen LogP contribution in [0.5, 0.6) is 0 Å². The third kappa shape index (κ3) is 3.00. The first-order valence-corrected chi connectivity index (χ1v) is 5.97. The van der Waals surface area contributed by atoms with Crippen molar-refractivity contribution in [3.8, 4) is 0 Å². The largest absolute Gasteiger partial charge is 0.388 e. The maximum absolute atomic E-state index is 12.9. The van der Waals surface area contributed by atoms with Gasteiger partial charge in [0, 0.05) is 0 Å². The van der Waals surface area contributed by atoms with E-state index in [1.807, 2.05) is 6.26 Å². The van der Waals surface area contributed by atoms with Crippen LogP contribution in [0.4, 0.5) is 4.39 Å². The minimum atomic E-state index is -0.471. The summed E-state index contributed by atoms with van der Waals surface area (Å²) < 4.78 is 12.9. The van der Waals surface area contributed by atoms with E-state index < -0.39 is 6.10 Å². The highest BCUT2D eigenvalue weighted by atomic mass is 32.2. The van der Waals surface area contributed by atoms with Crippen LogP contribution in [0.25, 0.3) is 0 Å². The number of halogens is 1. The van der Waals surface area contributed by atoms with Gasteiger partial charge in [-0.1, -0.05) is 12.1 Å². The smallest absolute Gasteiger partial charge is 0.126 e. The van der Waals surface area contributed by atoms with Gasteiger partial charge in [0.15, 0.2) is 0 Å². The van der Waals surface area contributed by atoms with Crippen LogP contribution in [0.3, 0.4) is 0 Å². The molecule has 0 saturated heterocycles. The van der Waals surface area contributed by atoms with Gasteiger partial charge in [0.05, 0.1) is 6.10 Å². The Hall–Kier alpha value is -0.540. The maximum Gasteiger partial charge on any atom is 0.126 e. The summed E-state index contributed by atoms with van der Waals surface area (Å²) in [4.78, 5) is 0. The normalized spacial score (nSPS) is 12.9. The van der Waals surface area contributed by atoms with Gasteiger partial charge in [-0.2, -0.15) is 11.8 Å². The van der Waals surface area contributed by atoms with E-state index in [0.717, 1.165) is 11.3 Å². The third-order valence-electron chi connectivity index (χ3n) is 2.16. The van der Waals surface area contributed by atoms with Gasteiger partial charge in [0.25, 0.3) is 0 Å². The summed E-state index contributed by atoms with van der Waals surface area (Å²) in [5, 5.41) is 9.73. The summed E-state index contributed by atoms with van der Waals surface area (Å²) in [6, 6.07) is 4.76. The molecule has 0 bridgehead atoms. The third-order valence-corrected chi connectivity index (χ3v) is 2.81. The van der Waals surface area contributed by atoms with Gasteiger partial charge in [0.2, 0.25) is 0 Å². The van der Waals surface area contributed by atoms with Crippen LogP contribution in [0.2, 0.25) is 0 Å². The highest BCUT2D eigenvalue weighted by molar-refractivity contribution is 7.98. The molecule has 78 valence electrons. The van der Waals surface area contributed by atoms with Crippen molar-refractivity contribution in [2.75, 3.05) is 12.0 Å². The summed E-state index contributed by atoms with van der Waals surface area (Å²) in [7, 11) is 0. The molecule has 1 aromatic carbocycles. The van der Waals surface area contributed by atoms with Crippen LogP contribution in [-0.2, 0) is 0 Å². The Morgan fingerprint density at radius 2 is 2.21 bits per heavy atom. The van der Waals surface area contributed by atoms with Crippen LogP contribution in [0.1, 0.15) is 23.7 Å². The summed E-state index contributed by atoms with van der Waals surface area (Å²) >= 11 is 1.70. The molecule has 1 aromatic rings. The van der Waals surface area contributed by atoms with Gasteiger partial charge in [-0.05, 0) is 42.5 Å². The van der Waals surface area contributed by atoms with Crippen molar-refractivity contribution in [1.82, 2.24) is 0 Å². The van der Waals surface area contributed by atoms with E-state index in [2.05, 4.69) is 0 Å². The molecule has 0 aliphatic carbocycles. The first kappa shape index (κ1) is 11.5. The molecule has 0 heterocycles. The van der Waals surface area contributed by atoms with Crippen LogP contribution < -0.4 is 0 Å². The van der Waals surface area contributed by atoms with Gasteiger partial charge in [-0.25, -0.2) is 4.39 Å². The zero-order valence-electron chi connectivity index (χ0n) is 8.46. The van der Waals surface area contributed by atoms with Crippen LogP contribution in [-0.4, -0.2) is 17.1 Å². The lowest BCUT2D eigenvalue weighted by Crippen LogP contribution is -1.99. The first-order chi connectivity index (χ1) is 6.65. The first-order valence-electron chi connectivity index (χ1n) is 4.58. The molecule has 1 atom stereocenters. The molecule has 0 aliphatic rings. The molecule has 0 amide bonds. The van der Waals surface area contributed by atoms with Crippen molar-refractivity contribution in [3.05, 3.63) is 35.1 Å². The lowest BCUT2D eigenvalue weighted by Gasteiger charge is -2.10. The summed E-state index contributed by atoms with van der Waals surface area (Å²) in [6.45, 7) is 1.71. The number of hydrogen-bond donors (Lipinski definition) is 1. The van der Waals surface area contributed by atoms with Gasteiger partial charge >= 0.3 is 0 Å². The topological polar surface area (TPSA) is 20.2 Å². The number of hydrogen-bond acceptors (Lipinski definition) is 2. The molecular formula is C11H15FOS. The molecule has 1 rings (SSSR count). The van der Waals surface area contributed by atoms with E-state index in [0.29, 0.717) is 12.0 Å². The predicted molar refractivity (Wildman–Crippen MR) is 59.1 cm³/mol. The lowest BCUT2D eigenvalue weighted by atomic mass is 10.0. The van der Waals surface area contributed by atoms with E-state index in [4.69, 9.17) is 0 Å². The van der Waals surface area contributed by atoms with Crippen LogP contribution in [0, 0.1) is 12.7 Å². The zero-order valence-corrected chi connectivity index (χ0v) is 9.27. The van der Waals surface area contributed by atoms with Gasteiger partial charge in [-0.15, -0.1) is 0 Å². The fourth-order valence-electron chi connectivity index (χ4n) is 1.27. The molecule has 0 saturated carbocycles. The standard InChI is InChI=1S/C11H15FOS/c1-8-7-9(3-4-10(8)12)11(13)5-6-14-2/h3-4,7,11,13H,5-6H2,1-2H3. The van der Waals surface area contributed by atoms with E-state index in [1.165, 1.54) is 6.07 Å². The van der Waals surface area contributed by atoms with Gasteiger partial charge in [0.1, 0.15) is 5.82 Å². The summed E-state index contributed by atoms with van der Waals surface area (Å²) in [5.41, 5.74) is 1.39. The Bertz CT molecular complexity index is 301. The van der Waals surface area contributed by atoms with E-state index in [1.54, 1.807) is 30.8 Å². The molecule has 0 radical (unpaired) electrons. The molecule has 0 fully saturated rings. The fourth-order valence-corrected chi connectivity index (χ4v) is 1.73. The molecule has 14 heavy (non-hydrogen) atoms. The average molecular weight is 214 g/mol. The van der Waals surface area contributed by atoms with Crippen molar-refractivity contribution in [2.24, 2.45) is 0 Å². The Balaban J connectivity index is 2.70. The number of aliphatic hydroxyl groups is 1. The number of thioether (sulfide) groups is 1. The van der Waals surface area contributed by atoms with Crippen molar-refractivity contribution >= 4 is 11.8 Å². The Morgan fingerprint density at radius 1 is 1.50 bits per heavy atom. The van der Waals surface area contributed by atoms with Crippen molar-refractivity contribution in [3.63, 3.8) is 0 Å². The molecule has 0 spiro atoms. The molecule has 1 N–H and O–H groups in total. The second-order valence-electron chi connectivity index (χ2n) is 3.31. The Labute approximate surface area is 88.3 Å². The second-order valence-corrected chi connectivity index (χ2v) is 4.29. The highest BCUT2D eigenvalue weighted by Gasteiger charge is 2.08. The number of rotatable bonds is 4. The molecule has 3 heteroatoms. The molecule has 0 aliphatic heterocycles. The summed E-state index contributed by atoms with van der Waals surface area (Å²) in [6.07, 6.45) is 2.25. The number of aliphatic hydroxyl groups excluding tert-OH is 1. The zero-order chi connectivity index (χ0) is 10.6. The van der Waals surface area contributed by atoms with Crippen molar-refractivity contribution in [2.45, 2.75) is 19.4 Å². The van der Waals surface area contributed by atoms with Gasteiger partial charge < -0.3 is 5.11 Å². The van der Waals surface area contributed by atoms with E-state index in [-0.39, 0.29) is 5.82 Å². The number of aryl methyl sites for hydroxylation is 1. The maximum atomic E-state index is 12.9. The highest BCUT2D eigenvalue weighted by Crippen LogP contribution is 2.20. The SMILES string of the molecule is CSCCC(O)c1ccc(F)c(C)c1. The van der Waals surface area contributed by atoms with E-state index in [9.17, 15) is 9.50 Å². The van der Waals surface area contributed by atoms with Crippen LogP contribution >= 0.6 is 11.8 Å². The Morgan fingerprint density at radius 3 is 2.79 bits per heavy atom. The van der Waals surface area contributed by atoms with Crippen molar-refractivity contribution < 1.29 is 9.50 Å². The Kier molecular flexibility index (Phi) is 4.42. The average Bonchev–Trinajstić information content (AvgIpc) is 2.18. The second kappa shape index (κ2) is 5.37. The number of benzene rings is 1. The monoisotopic (exact) mass is 214 g/mol. The molecule has 0 aromatic heterocycles. The minimum Gasteiger partial charge on any atom is -0.388 e. The molecular weight excluding hydrogens is 199 g/mol. The lowest BCUT2D eigenvalue weighted by molar-refractivity contribution is 0.175. The predicted octanol–water partition coefficient (Wildman–Crippen LogP) is 2.92. The van der Waals surface area contributed by atoms with Gasteiger partial charge in [-0.3, -0.25) is 0 Å². The van der Waals surface area contributed by atoms with E-state index >= 15 is 0 Å². The van der Waals surface area contributed by atoms with Crippen molar-refractivity contribution in [1.29, 1.82) is 0 Å². The fraction of sp³-hybridized carbons (Fsp3) is 0.455. The quantitative estimate of drug-likeness (QED) is 0.831. The molecule has 1 nitrogen and oxygen atoms in total. The van der Waals surface area contributed by atoms with Crippen LogP contribution in [0.15, 0.2) is 18.2 Å².